The van der Waals surface area contributed by atoms with Gasteiger partial charge in [-0.25, -0.2) is 4.98 Å². The maximum Gasteiger partial charge on any atom is 0.0890 e. The van der Waals surface area contributed by atoms with Crippen LogP contribution in [0.15, 0.2) is 47.6 Å². The van der Waals surface area contributed by atoms with Gasteiger partial charge < -0.3 is 0 Å². The van der Waals surface area contributed by atoms with E-state index in [0.717, 1.165) is 41.7 Å². The van der Waals surface area contributed by atoms with Gasteiger partial charge in [0.2, 0.25) is 0 Å². The minimum Gasteiger partial charge on any atom is -0.257 e. The van der Waals surface area contributed by atoms with Gasteiger partial charge in [0, 0.05) is 18.3 Å². The third-order valence-electron chi connectivity index (χ3n) is 4.54. The summed E-state index contributed by atoms with van der Waals surface area (Å²) in [6.07, 6.45) is 4.69. The van der Waals surface area contributed by atoms with Crippen LogP contribution in [0, 0.1) is 13.8 Å². The number of aryl methyl sites for hydroxylation is 3. The van der Waals surface area contributed by atoms with E-state index in [1.807, 2.05) is 30.5 Å². The minimum atomic E-state index is 0.891. The molecule has 0 fully saturated rings. The van der Waals surface area contributed by atoms with Crippen molar-refractivity contribution in [2.75, 3.05) is 0 Å². The Morgan fingerprint density at radius 2 is 1.74 bits per heavy atom. The fourth-order valence-corrected chi connectivity index (χ4v) is 3.07. The van der Waals surface area contributed by atoms with E-state index in [-0.39, 0.29) is 0 Å². The molecule has 3 aromatic rings. The molecular formula is C20H19N3. The molecule has 0 unspecified atom stereocenters. The molecule has 114 valence electrons. The van der Waals surface area contributed by atoms with Crippen LogP contribution in [0.5, 0.6) is 0 Å². The minimum absolute atomic E-state index is 0.891. The molecule has 0 radical (unpaired) electrons. The van der Waals surface area contributed by atoms with Crippen molar-refractivity contribution >= 4 is 22.4 Å². The zero-order valence-electron chi connectivity index (χ0n) is 13.5. The number of benzene rings is 2. The third kappa shape index (κ3) is 2.74. The van der Waals surface area contributed by atoms with Crippen molar-refractivity contribution in [3.63, 3.8) is 0 Å². The van der Waals surface area contributed by atoms with Gasteiger partial charge in [0.05, 0.1) is 22.4 Å². The van der Waals surface area contributed by atoms with Crippen LogP contribution < -0.4 is 0 Å². The van der Waals surface area contributed by atoms with E-state index in [2.05, 4.69) is 31.0 Å². The number of rotatable bonds is 3. The van der Waals surface area contributed by atoms with Crippen LogP contribution >= 0.6 is 0 Å². The molecule has 0 aliphatic carbocycles. The van der Waals surface area contributed by atoms with Crippen molar-refractivity contribution in [1.29, 1.82) is 0 Å². The second-order valence-corrected chi connectivity index (χ2v) is 6.27. The average Bonchev–Trinajstić information content (AvgIpc) is 2.95. The molecule has 2 heterocycles. The Morgan fingerprint density at radius 1 is 0.957 bits per heavy atom. The fourth-order valence-electron chi connectivity index (χ4n) is 3.07. The molecule has 3 nitrogen and oxygen atoms in total. The van der Waals surface area contributed by atoms with Crippen molar-refractivity contribution in [3.05, 3.63) is 65.0 Å². The molecule has 0 bridgehead atoms. The number of hydrogen-bond donors (Lipinski definition) is 0. The number of nitrogens with zero attached hydrogens (tertiary/aromatic N) is 3. The number of aromatic nitrogens is 2. The van der Waals surface area contributed by atoms with E-state index < -0.39 is 0 Å². The first kappa shape index (κ1) is 14.1. The Labute approximate surface area is 136 Å². The lowest BCUT2D eigenvalue weighted by molar-refractivity contribution is 0.959. The van der Waals surface area contributed by atoms with E-state index >= 15 is 0 Å². The average molecular weight is 301 g/mol. The highest BCUT2D eigenvalue weighted by molar-refractivity contribution is 5.94. The Morgan fingerprint density at radius 3 is 2.61 bits per heavy atom. The highest BCUT2D eigenvalue weighted by Gasteiger charge is 2.15. The molecule has 0 spiro atoms. The van der Waals surface area contributed by atoms with Crippen LogP contribution in [0.1, 0.15) is 28.8 Å². The molecule has 1 aliphatic heterocycles. The van der Waals surface area contributed by atoms with Crippen LogP contribution in [-0.2, 0) is 12.8 Å². The van der Waals surface area contributed by atoms with Crippen LogP contribution in [0.2, 0.25) is 0 Å². The van der Waals surface area contributed by atoms with Gasteiger partial charge in [0.1, 0.15) is 0 Å². The van der Waals surface area contributed by atoms with Gasteiger partial charge >= 0.3 is 0 Å². The fraction of sp³-hybridized carbons (Fsp3) is 0.250. The molecule has 2 aromatic carbocycles. The smallest absolute Gasteiger partial charge is 0.0890 e. The second kappa shape index (κ2) is 5.58. The quantitative estimate of drug-likeness (QED) is 0.714. The Hall–Kier alpha value is -2.55. The maximum absolute atomic E-state index is 4.80. The lowest BCUT2D eigenvalue weighted by Gasteiger charge is -2.03. The largest absolute Gasteiger partial charge is 0.257 e. The lowest BCUT2D eigenvalue weighted by Crippen LogP contribution is -2.02. The van der Waals surface area contributed by atoms with Gasteiger partial charge in [-0.15, -0.1) is 0 Å². The van der Waals surface area contributed by atoms with Crippen molar-refractivity contribution < 1.29 is 0 Å². The third-order valence-corrected chi connectivity index (χ3v) is 4.54. The molecule has 0 saturated heterocycles. The first-order valence-corrected chi connectivity index (χ1v) is 8.06. The normalized spacial score (nSPS) is 13.2. The summed E-state index contributed by atoms with van der Waals surface area (Å²) in [6.45, 7) is 4.31. The molecule has 1 aliphatic rings. The monoisotopic (exact) mass is 301 g/mol. The van der Waals surface area contributed by atoms with Crippen molar-refractivity contribution in [3.8, 4) is 0 Å². The molecule has 3 heteroatoms. The highest BCUT2D eigenvalue weighted by atomic mass is 14.8. The summed E-state index contributed by atoms with van der Waals surface area (Å²) in [7, 11) is 0. The summed E-state index contributed by atoms with van der Waals surface area (Å²) >= 11 is 0. The number of hydrogen-bond acceptors (Lipinski definition) is 3. The molecule has 23 heavy (non-hydrogen) atoms. The topological polar surface area (TPSA) is 38.1 Å². The van der Waals surface area contributed by atoms with Crippen LogP contribution in [0.25, 0.3) is 11.0 Å². The predicted molar refractivity (Wildman–Crippen MR) is 94.6 cm³/mol. The van der Waals surface area contributed by atoms with E-state index in [0.29, 0.717) is 0 Å². The summed E-state index contributed by atoms with van der Waals surface area (Å²) in [5.41, 5.74) is 9.37. The van der Waals surface area contributed by atoms with Gasteiger partial charge in [-0.05, 0) is 61.6 Å². The van der Waals surface area contributed by atoms with Crippen molar-refractivity contribution in [2.45, 2.75) is 33.1 Å². The van der Waals surface area contributed by atoms with Gasteiger partial charge in [-0.3, -0.25) is 9.98 Å². The molecule has 0 N–H and O–H groups in total. The van der Waals surface area contributed by atoms with Crippen LogP contribution in [0.3, 0.4) is 0 Å². The van der Waals surface area contributed by atoms with Crippen molar-refractivity contribution in [2.24, 2.45) is 4.99 Å². The predicted octanol–water partition coefficient (Wildman–Crippen LogP) is 4.51. The van der Waals surface area contributed by atoms with Gasteiger partial charge in [-0.1, -0.05) is 18.2 Å². The van der Waals surface area contributed by atoms with Crippen molar-refractivity contribution in [1.82, 2.24) is 9.97 Å². The summed E-state index contributed by atoms with van der Waals surface area (Å²) < 4.78 is 0. The molecule has 1 aromatic heterocycles. The summed E-state index contributed by atoms with van der Waals surface area (Å²) in [5, 5.41) is 0. The summed E-state index contributed by atoms with van der Waals surface area (Å²) in [4.78, 5) is 14.0. The standard InChI is InChI=1S/C20H19N3/c1-13-9-15-11-16(22-20(15)10-14(13)2)7-8-17-12-21-18-5-3-4-6-19(18)23-17/h3-6,9-10,12H,7-8,11H2,1-2H3. The van der Waals surface area contributed by atoms with Gasteiger partial charge in [0.25, 0.3) is 0 Å². The lowest BCUT2D eigenvalue weighted by atomic mass is 10.0. The van der Waals surface area contributed by atoms with E-state index in [1.165, 1.54) is 22.4 Å². The molecule has 4 rings (SSSR count). The highest BCUT2D eigenvalue weighted by Crippen LogP contribution is 2.30. The molecular weight excluding hydrogens is 282 g/mol. The van der Waals surface area contributed by atoms with Crippen LogP contribution in [-0.4, -0.2) is 15.7 Å². The van der Waals surface area contributed by atoms with E-state index in [9.17, 15) is 0 Å². The Bertz CT molecular complexity index is 925. The zero-order valence-corrected chi connectivity index (χ0v) is 13.5. The zero-order chi connectivity index (χ0) is 15.8. The van der Waals surface area contributed by atoms with E-state index in [1.54, 1.807) is 0 Å². The molecule has 0 saturated carbocycles. The number of para-hydroxylation sites is 2. The van der Waals surface area contributed by atoms with E-state index in [4.69, 9.17) is 9.98 Å². The van der Waals surface area contributed by atoms with Gasteiger partial charge in [-0.2, -0.15) is 0 Å². The SMILES string of the molecule is Cc1cc2c(cc1C)N=C(CCc1cnc3ccccc3n1)C2. The first-order chi connectivity index (χ1) is 11.2. The first-order valence-electron chi connectivity index (χ1n) is 8.06. The van der Waals surface area contributed by atoms with Gasteiger partial charge in [0.15, 0.2) is 0 Å². The molecule has 0 atom stereocenters. The Balaban J connectivity index is 1.50. The number of aliphatic imine (C=N–C) groups is 1. The summed E-state index contributed by atoms with van der Waals surface area (Å²) in [5.74, 6) is 0. The number of fused-ring (bicyclic) bond motifs is 2. The molecule has 0 amide bonds. The Kier molecular flexibility index (Phi) is 3.41. The second-order valence-electron chi connectivity index (χ2n) is 6.27. The summed E-state index contributed by atoms with van der Waals surface area (Å²) in [6, 6.07) is 12.5. The van der Waals surface area contributed by atoms with Crippen LogP contribution in [0.4, 0.5) is 5.69 Å². The maximum atomic E-state index is 4.80.